The lowest BCUT2D eigenvalue weighted by molar-refractivity contribution is -0.216. The van der Waals surface area contributed by atoms with Crippen molar-refractivity contribution in [3.05, 3.63) is 0 Å². The first-order valence-corrected chi connectivity index (χ1v) is 12.8. The van der Waals surface area contributed by atoms with Crippen molar-refractivity contribution < 1.29 is 23.4 Å². The molecule has 2 fully saturated rings. The van der Waals surface area contributed by atoms with Gasteiger partial charge in [-0.1, -0.05) is 32.5 Å². The van der Waals surface area contributed by atoms with Crippen LogP contribution in [0.2, 0.25) is 18.1 Å². The average Bonchev–Trinajstić information content (AvgIpc) is 2.88. The zero-order valence-electron chi connectivity index (χ0n) is 15.9. The van der Waals surface area contributed by atoms with Gasteiger partial charge >= 0.3 is 0 Å². The SMILES string of the molecule is CSC(=S)O[C@@H]1[C@H]2OC(C)(C)O[C@H]2O[C@@H]1CO[Si](C)(C)C(C)(C)C. The van der Waals surface area contributed by atoms with Gasteiger partial charge in [0, 0.05) is 0 Å². The first kappa shape index (κ1) is 20.6. The van der Waals surface area contributed by atoms with Gasteiger partial charge in [-0.15, -0.1) is 0 Å². The molecule has 0 saturated carbocycles. The van der Waals surface area contributed by atoms with Gasteiger partial charge in [-0.3, -0.25) is 0 Å². The molecule has 0 bridgehead atoms. The fraction of sp³-hybridized carbons (Fsp3) is 0.938. The van der Waals surface area contributed by atoms with E-state index in [2.05, 4.69) is 33.9 Å². The van der Waals surface area contributed by atoms with Crippen LogP contribution in [0.3, 0.4) is 0 Å². The molecule has 0 spiro atoms. The Hall–Kier alpha value is 0.297. The van der Waals surface area contributed by atoms with Crippen LogP contribution in [0.15, 0.2) is 0 Å². The Morgan fingerprint density at radius 2 is 1.88 bits per heavy atom. The van der Waals surface area contributed by atoms with Crippen LogP contribution in [-0.2, 0) is 23.4 Å². The highest BCUT2D eigenvalue weighted by Crippen LogP contribution is 2.41. The molecule has 4 atom stereocenters. The Kier molecular flexibility index (Phi) is 6.12. The van der Waals surface area contributed by atoms with Crippen LogP contribution in [0, 0.1) is 0 Å². The number of thioether (sulfide) groups is 1. The van der Waals surface area contributed by atoms with Gasteiger partial charge in [0.25, 0.3) is 0 Å². The highest BCUT2D eigenvalue weighted by Gasteiger charge is 2.56. The zero-order valence-corrected chi connectivity index (χ0v) is 18.5. The summed E-state index contributed by atoms with van der Waals surface area (Å²) in [6, 6.07) is 0. The average molecular weight is 395 g/mol. The van der Waals surface area contributed by atoms with Gasteiger partial charge in [0.15, 0.2) is 32.6 Å². The van der Waals surface area contributed by atoms with Crippen LogP contribution in [0.25, 0.3) is 0 Å². The van der Waals surface area contributed by atoms with Crippen molar-refractivity contribution in [2.24, 2.45) is 0 Å². The minimum absolute atomic E-state index is 0.140. The van der Waals surface area contributed by atoms with Crippen LogP contribution in [0.1, 0.15) is 34.6 Å². The molecule has 2 saturated heterocycles. The third-order valence-corrected chi connectivity index (χ3v) is 10.4. The normalized spacial score (nSPS) is 32.7. The van der Waals surface area contributed by atoms with Crippen LogP contribution in [0.5, 0.6) is 0 Å². The molecule has 2 rings (SSSR count). The fourth-order valence-electron chi connectivity index (χ4n) is 2.49. The van der Waals surface area contributed by atoms with Gasteiger partial charge < -0.3 is 23.4 Å². The van der Waals surface area contributed by atoms with Gasteiger partial charge in [0.05, 0.1) is 6.61 Å². The summed E-state index contributed by atoms with van der Waals surface area (Å²) in [5.41, 5.74) is 0. The van der Waals surface area contributed by atoms with E-state index in [0.717, 1.165) is 0 Å². The molecule has 0 N–H and O–H groups in total. The third-order valence-electron chi connectivity index (χ3n) is 4.90. The predicted molar refractivity (Wildman–Crippen MR) is 103 cm³/mol. The monoisotopic (exact) mass is 394 g/mol. The number of thiocarbonyl (C=S) groups is 1. The van der Waals surface area contributed by atoms with Crippen molar-refractivity contribution in [2.75, 3.05) is 12.9 Å². The standard InChI is InChI=1S/C16H30O5S2Si/c1-15(2,3)24(7,8)17-9-10-11(19-14(22)23-6)12-13(18-10)21-16(4,5)20-12/h10-13H,9H2,1-8H3/t10-,11+,12-,13-/m1/s1. The molecule has 8 heteroatoms. The van der Waals surface area contributed by atoms with Crippen molar-refractivity contribution >= 4 is 36.7 Å². The molecule has 2 heterocycles. The lowest BCUT2D eigenvalue weighted by Crippen LogP contribution is -2.46. The summed E-state index contributed by atoms with van der Waals surface area (Å²) in [6.45, 7) is 15.3. The Labute approximate surface area is 156 Å². The van der Waals surface area contributed by atoms with E-state index in [0.29, 0.717) is 11.0 Å². The quantitative estimate of drug-likeness (QED) is 0.529. The summed E-state index contributed by atoms with van der Waals surface area (Å²) in [4.78, 5) is 0. The molecule has 0 aromatic carbocycles. The molecule has 0 aromatic rings. The van der Waals surface area contributed by atoms with Gasteiger partial charge in [-0.2, -0.15) is 0 Å². The van der Waals surface area contributed by atoms with Gasteiger partial charge in [-0.25, -0.2) is 0 Å². The van der Waals surface area contributed by atoms with Crippen molar-refractivity contribution in [1.82, 2.24) is 0 Å². The maximum atomic E-state index is 6.31. The van der Waals surface area contributed by atoms with Gasteiger partial charge in [-0.05, 0) is 50.5 Å². The Morgan fingerprint density at radius 3 is 2.42 bits per heavy atom. The molecule has 0 aliphatic carbocycles. The van der Waals surface area contributed by atoms with E-state index in [1.807, 2.05) is 20.1 Å². The fourth-order valence-corrected chi connectivity index (χ4v) is 3.82. The van der Waals surface area contributed by atoms with Crippen LogP contribution in [-0.4, -0.2) is 56.0 Å². The maximum Gasteiger partial charge on any atom is 0.220 e. The summed E-state index contributed by atoms with van der Waals surface area (Å²) in [7, 11) is -1.87. The zero-order chi connectivity index (χ0) is 18.3. The van der Waals surface area contributed by atoms with Crippen molar-refractivity contribution in [2.45, 2.75) is 83.1 Å². The number of ether oxygens (including phenoxy) is 4. The van der Waals surface area contributed by atoms with Crippen LogP contribution < -0.4 is 0 Å². The predicted octanol–water partition coefficient (Wildman–Crippen LogP) is 3.92. The third kappa shape index (κ3) is 4.52. The highest BCUT2D eigenvalue weighted by atomic mass is 32.2. The van der Waals surface area contributed by atoms with E-state index >= 15 is 0 Å². The summed E-state index contributed by atoms with van der Waals surface area (Å²) in [5.74, 6) is -0.677. The summed E-state index contributed by atoms with van der Waals surface area (Å²) in [5, 5.41) is 0.140. The van der Waals surface area contributed by atoms with Gasteiger partial charge in [0.1, 0.15) is 6.10 Å². The number of hydrogen-bond acceptors (Lipinski definition) is 7. The molecule has 24 heavy (non-hydrogen) atoms. The minimum atomic E-state index is -1.87. The second kappa shape index (κ2) is 7.13. The summed E-state index contributed by atoms with van der Waals surface area (Å²) < 4.78 is 30.6. The van der Waals surface area contributed by atoms with Crippen molar-refractivity contribution in [1.29, 1.82) is 0 Å². The molecule has 0 unspecified atom stereocenters. The lowest BCUT2D eigenvalue weighted by atomic mass is 10.1. The summed E-state index contributed by atoms with van der Waals surface area (Å²) >= 11 is 6.64. The second-order valence-corrected chi connectivity index (χ2v) is 14.5. The van der Waals surface area contributed by atoms with Crippen LogP contribution in [0.4, 0.5) is 0 Å². The lowest BCUT2D eigenvalue weighted by Gasteiger charge is -2.37. The summed E-state index contributed by atoms with van der Waals surface area (Å²) in [6.07, 6.45) is 0.588. The van der Waals surface area contributed by atoms with E-state index in [4.69, 9.17) is 35.6 Å². The topological polar surface area (TPSA) is 46.2 Å². The Bertz CT molecular complexity index is 478. The number of hydrogen-bond donors (Lipinski definition) is 0. The van der Waals surface area contributed by atoms with Gasteiger partial charge in [0.2, 0.25) is 4.38 Å². The molecular formula is C16H30O5S2Si. The largest absolute Gasteiger partial charge is 0.469 e. The van der Waals surface area contributed by atoms with E-state index in [1.165, 1.54) is 11.8 Å². The molecule has 140 valence electrons. The van der Waals surface area contributed by atoms with Crippen molar-refractivity contribution in [3.63, 3.8) is 0 Å². The Balaban J connectivity index is 2.07. The molecular weight excluding hydrogens is 364 g/mol. The maximum absolute atomic E-state index is 6.31. The molecule has 0 radical (unpaired) electrons. The molecule has 2 aliphatic heterocycles. The van der Waals surface area contributed by atoms with Crippen molar-refractivity contribution in [3.8, 4) is 0 Å². The minimum Gasteiger partial charge on any atom is -0.469 e. The Morgan fingerprint density at radius 1 is 1.25 bits per heavy atom. The van der Waals surface area contributed by atoms with Crippen LogP contribution >= 0.6 is 24.0 Å². The first-order chi connectivity index (χ1) is 10.9. The number of rotatable bonds is 4. The van der Waals surface area contributed by atoms with E-state index in [9.17, 15) is 0 Å². The molecule has 2 aliphatic rings. The van der Waals surface area contributed by atoms with E-state index in [-0.39, 0.29) is 23.4 Å². The second-order valence-electron chi connectivity index (χ2n) is 8.25. The molecule has 5 nitrogen and oxygen atoms in total. The first-order valence-electron chi connectivity index (χ1n) is 8.26. The smallest absolute Gasteiger partial charge is 0.220 e. The number of fused-ring (bicyclic) bond motifs is 1. The van der Waals surface area contributed by atoms with E-state index < -0.39 is 20.4 Å². The molecule has 0 aromatic heterocycles. The highest BCUT2D eigenvalue weighted by molar-refractivity contribution is 8.22. The van der Waals surface area contributed by atoms with E-state index in [1.54, 1.807) is 0 Å². The molecule has 0 amide bonds.